The van der Waals surface area contributed by atoms with Gasteiger partial charge in [0.15, 0.2) is 0 Å². The van der Waals surface area contributed by atoms with E-state index in [0.29, 0.717) is 5.71 Å². The number of benzene rings is 6. The van der Waals surface area contributed by atoms with Crippen molar-refractivity contribution >= 4 is 43.7 Å². The molecule has 0 amide bonds. The largest absolute Gasteiger partial charge is 0.436 e. The maximum absolute atomic E-state index is 6.05. The van der Waals surface area contributed by atoms with Gasteiger partial charge in [-0.25, -0.2) is 9.97 Å². The van der Waals surface area contributed by atoms with Crippen LogP contribution in [0.1, 0.15) is 0 Å². The highest BCUT2D eigenvalue weighted by molar-refractivity contribution is 6.17. The minimum Gasteiger partial charge on any atom is -0.436 e. The number of fused-ring (bicyclic) bond motifs is 6. The summed E-state index contributed by atoms with van der Waals surface area (Å²) in [4.78, 5) is 9.71. The van der Waals surface area contributed by atoms with Gasteiger partial charge in [0.2, 0.25) is 5.71 Å². The monoisotopic (exact) mass is 498 g/mol. The van der Waals surface area contributed by atoms with Gasteiger partial charge in [-0.1, -0.05) is 103 Å². The summed E-state index contributed by atoms with van der Waals surface area (Å²) in [6, 6.07) is 44.8. The summed E-state index contributed by atoms with van der Waals surface area (Å²) >= 11 is 0. The summed E-state index contributed by atoms with van der Waals surface area (Å²) < 4.78 is 6.05. The minimum atomic E-state index is 0.560. The van der Waals surface area contributed by atoms with Crippen LogP contribution in [0.15, 0.2) is 138 Å². The van der Waals surface area contributed by atoms with Crippen molar-refractivity contribution in [1.29, 1.82) is 0 Å². The Labute approximate surface area is 225 Å². The molecule has 0 aliphatic rings. The zero-order valence-electron chi connectivity index (χ0n) is 21.0. The molecule has 39 heavy (non-hydrogen) atoms. The van der Waals surface area contributed by atoms with Crippen LogP contribution in [0.25, 0.3) is 77.3 Å². The van der Waals surface area contributed by atoms with Crippen LogP contribution in [-0.4, -0.2) is 9.97 Å². The lowest BCUT2D eigenvalue weighted by Gasteiger charge is -2.09. The van der Waals surface area contributed by atoms with Crippen LogP contribution in [0.2, 0.25) is 0 Å². The zero-order valence-corrected chi connectivity index (χ0v) is 21.0. The van der Waals surface area contributed by atoms with E-state index >= 15 is 0 Å². The van der Waals surface area contributed by atoms with E-state index in [2.05, 4.69) is 114 Å². The van der Waals surface area contributed by atoms with Gasteiger partial charge >= 0.3 is 0 Å². The smallest absolute Gasteiger partial charge is 0.246 e. The van der Waals surface area contributed by atoms with Gasteiger partial charge in [0, 0.05) is 5.56 Å². The van der Waals surface area contributed by atoms with Crippen molar-refractivity contribution in [3.05, 3.63) is 134 Å². The van der Waals surface area contributed by atoms with Crippen molar-refractivity contribution in [3.63, 3.8) is 0 Å². The Morgan fingerprint density at radius 3 is 1.95 bits per heavy atom. The first-order valence-electron chi connectivity index (χ1n) is 13.1. The summed E-state index contributed by atoms with van der Waals surface area (Å²) in [5.74, 6) is 0. The van der Waals surface area contributed by atoms with E-state index < -0.39 is 0 Å². The Balaban J connectivity index is 1.22. The fourth-order valence-electron chi connectivity index (χ4n) is 5.54. The van der Waals surface area contributed by atoms with E-state index in [1.807, 2.05) is 18.2 Å². The maximum atomic E-state index is 6.05. The Bertz CT molecular complexity index is 2190. The highest BCUT2D eigenvalue weighted by Gasteiger charge is 2.14. The van der Waals surface area contributed by atoms with Gasteiger partial charge in [0.1, 0.15) is 11.1 Å². The lowest BCUT2D eigenvalue weighted by molar-refractivity contribution is 0.653. The highest BCUT2D eigenvalue weighted by atomic mass is 16.3. The summed E-state index contributed by atoms with van der Waals surface area (Å²) in [7, 11) is 0. The van der Waals surface area contributed by atoms with Crippen LogP contribution in [-0.2, 0) is 0 Å². The zero-order chi connectivity index (χ0) is 25.8. The van der Waals surface area contributed by atoms with E-state index in [4.69, 9.17) is 9.40 Å². The van der Waals surface area contributed by atoms with Gasteiger partial charge in [-0.15, -0.1) is 0 Å². The number of hydrogen-bond donors (Lipinski definition) is 0. The van der Waals surface area contributed by atoms with Crippen LogP contribution in [0.4, 0.5) is 0 Å². The minimum absolute atomic E-state index is 0.560. The van der Waals surface area contributed by atoms with Crippen LogP contribution in [0.5, 0.6) is 0 Å². The molecule has 0 spiro atoms. The summed E-state index contributed by atoms with van der Waals surface area (Å²) in [6.45, 7) is 0. The van der Waals surface area contributed by atoms with Crippen molar-refractivity contribution in [2.45, 2.75) is 0 Å². The number of hydrogen-bond acceptors (Lipinski definition) is 3. The molecule has 0 bridgehead atoms. The number of rotatable bonds is 3. The van der Waals surface area contributed by atoms with Crippen molar-refractivity contribution in [1.82, 2.24) is 9.97 Å². The molecular weight excluding hydrogens is 476 g/mol. The molecule has 8 aromatic rings. The fourth-order valence-corrected chi connectivity index (χ4v) is 5.54. The van der Waals surface area contributed by atoms with Gasteiger partial charge < -0.3 is 4.42 Å². The van der Waals surface area contributed by atoms with E-state index in [9.17, 15) is 0 Å². The average Bonchev–Trinajstić information content (AvgIpc) is 3.39. The summed E-state index contributed by atoms with van der Waals surface area (Å²) in [6.07, 6.45) is 1.80. The predicted molar refractivity (Wildman–Crippen MR) is 161 cm³/mol. The molecule has 0 aliphatic carbocycles. The van der Waals surface area contributed by atoms with Gasteiger partial charge in [-0.05, 0) is 68.1 Å². The summed E-state index contributed by atoms with van der Waals surface area (Å²) in [5, 5.41) is 5.79. The number of furan rings is 1. The SMILES string of the molecule is c1cc(-c2cccc(-c3cnc4oc5ccc6ccccc6c5c4n3)c2)cc(-c2ccc3ccccc3c2)c1. The third kappa shape index (κ3) is 3.67. The van der Waals surface area contributed by atoms with Crippen molar-refractivity contribution in [3.8, 4) is 33.5 Å². The Hall–Kier alpha value is -5.28. The molecule has 0 saturated carbocycles. The Morgan fingerprint density at radius 1 is 0.487 bits per heavy atom. The topological polar surface area (TPSA) is 38.9 Å². The fraction of sp³-hybridized carbons (Fsp3) is 0. The van der Waals surface area contributed by atoms with E-state index in [0.717, 1.165) is 49.6 Å². The first kappa shape index (κ1) is 21.8. The molecule has 0 saturated heterocycles. The molecular formula is C36H22N2O. The maximum Gasteiger partial charge on any atom is 0.246 e. The molecule has 0 N–H and O–H groups in total. The molecule has 0 fully saturated rings. The average molecular weight is 499 g/mol. The van der Waals surface area contributed by atoms with Crippen LogP contribution in [0.3, 0.4) is 0 Å². The van der Waals surface area contributed by atoms with E-state index in [1.165, 1.54) is 21.9 Å². The highest BCUT2D eigenvalue weighted by Crippen LogP contribution is 2.35. The molecule has 8 rings (SSSR count). The first-order valence-corrected chi connectivity index (χ1v) is 13.1. The van der Waals surface area contributed by atoms with Crippen molar-refractivity contribution in [2.24, 2.45) is 0 Å². The molecule has 3 nitrogen and oxygen atoms in total. The van der Waals surface area contributed by atoms with Crippen molar-refractivity contribution < 1.29 is 4.42 Å². The van der Waals surface area contributed by atoms with Crippen LogP contribution >= 0.6 is 0 Å². The molecule has 0 aliphatic heterocycles. The quantitative estimate of drug-likeness (QED) is 0.243. The van der Waals surface area contributed by atoms with E-state index in [1.54, 1.807) is 6.20 Å². The molecule has 0 atom stereocenters. The standard InChI is InChI=1S/C36H22N2O/c1-2-9-25-19-29(16-15-23(25)7-1)27-11-5-10-26(20-27)28-12-6-13-30(21-28)32-22-37-36-35(38-32)34-31-14-4-3-8-24(31)17-18-33(34)39-36/h1-22H. The van der Waals surface area contributed by atoms with Crippen LogP contribution < -0.4 is 0 Å². The van der Waals surface area contributed by atoms with Gasteiger partial charge in [0.25, 0.3) is 0 Å². The summed E-state index contributed by atoms with van der Waals surface area (Å²) in [5.41, 5.74) is 8.71. The second kappa shape index (κ2) is 8.64. The second-order valence-corrected chi connectivity index (χ2v) is 9.89. The normalized spacial score (nSPS) is 11.6. The lowest BCUT2D eigenvalue weighted by Crippen LogP contribution is -1.88. The molecule has 0 unspecified atom stereocenters. The molecule has 0 radical (unpaired) electrons. The van der Waals surface area contributed by atoms with E-state index in [-0.39, 0.29) is 0 Å². The number of nitrogens with zero attached hydrogens (tertiary/aromatic N) is 2. The lowest BCUT2D eigenvalue weighted by atomic mass is 9.96. The van der Waals surface area contributed by atoms with Crippen molar-refractivity contribution in [2.75, 3.05) is 0 Å². The molecule has 2 aromatic heterocycles. The molecule has 6 aromatic carbocycles. The van der Waals surface area contributed by atoms with Gasteiger partial charge in [-0.3, -0.25) is 0 Å². The van der Waals surface area contributed by atoms with Crippen LogP contribution in [0, 0.1) is 0 Å². The molecule has 3 heteroatoms. The molecule has 2 heterocycles. The first-order chi connectivity index (χ1) is 19.3. The Kier molecular flexibility index (Phi) is 4.82. The predicted octanol–water partition coefficient (Wildman–Crippen LogP) is 9.68. The molecule has 182 valence electrons. The third-order valence-electron chi connectivity index (χ3n) is 7.51. The second-order valence-electron chi connectivity index (χ2n) is 9.89. The van der Waals surface area contributed by atoms with Gasteiger partial charge in [-0.2, -0.15) is 0 Å². The third-order valence-corrected chi connectivity index (χ3v) is 7.51. The number of aromatic nitrogens is 2. The Morgan fingerprint density at radius 2 is 1.13 bits per heavy atom. The van der Waals surface area contributed by atoms with Gasteiger partial charge in [0.05, 0.1) is 17.3 Å².